The lowest BCUT2D eigenvalue weighted by Gasteiger charge is -2.09. The summed E-state index contributed by atoms with van der Waals surface area (Å²) in [5, 5.41) is 0.683. The van der Waals surface area contributed by atoms with Gasteiger partial charge in [-0.3, -0.25) is 0 Å². The van der Waals surface area contributed by atoms with Gasteiger partial charge < -0.3 is 11.5 Å². The van der Waals surface area contributed by atoms with Gasteiger partial charge >= 0.3 is 0 Å². The molecule has 0 spiro atoms. The molecule has 0 aromatic heterocycles. The average molecular weight is 286 g/mol. The first kappa shape index (κ1) is 13.2. The van der Waals surface area contributed by atoms with Crippen LogP contribution in [0.5, 0.6) is 0 Å². The summed E-state index contributed by atoms with van der Waals surface area (Å²) in [4.78, 5) is 0. The fourth-order valence-corrected chi connectivity index (χ4v) is 1.39. The predicted octanol–water partition coefficient (Wildman–Crippen LogP) is 2.48. The van der Waals surface area contributed by atoms with Crippen molar-refractivity contribution in [3.8, 4) is 0 Å². The van der Waals surface area contributed by atoms with Crippen molar-refractivity contribution >= 4 is 39.9 Å². The van der Waals surface area contributed by atoms with Gasteiger partial charge in [0, 0.05) is 17.1 Å². The minimum atomic E-state index is -0.112. The number of nitrogens with two attached hydrogens (primary N) is 2. The Morgan fingerprint density at radius 2 is 2.08 bits per heavy atom. The standard InChI is InChI=1S/C8H10BrClN2.ClH/c9-6-3-5(8(12)4-11)1-2-7(6)10;/h1-3,8H,4,11-12H2;1H/t8-;/m1./s1. The molecule has 74 valence electrons. The van der Waals surface area contributed by atoms with Gasteiger partial charge in [0.25, 0.3) is 0 Å². The normalized spacial score (nSPS) is 12.0. The molecule has 1 rings (SSSR count). The maximum Gasteiger partial charge on any atom is 0.0548 e. The van der Waals surface area contributed by atoms with E-state index in [0.717, 1.165) is 10.0 Å². The number of benzene rings is 1. The van der Waals surface area contributed by atoms with Crippen molar-refractivity contribution in [3.63, 3.8) is 0 Å². The van der Waals surface area contributed by atoms with Crippen LogP contribution in [0.3, 0.4) is 0 Å². The maximum atomic E-state index is 5.81. The molecule has 0 bridgehead atoms. The molecule has 0 saturated carbocycles. The molecule has 0 unspecified atom stereocenters. The Bertz CT molecular complexity index is 281. The van der Waals surface area contributed by atoms with E-state index in [-0.39, 0.29) is 18.4 Å². The molecule has 1 aromatic rings. The summed E-state index contributed by atoms with van der Waals surface area (Å²) in [5.74, 6) is 0. The van der Waals surface area contributed by atoms with Crippen LogP contribution in [0, 0.1) is 0 Å². The molecular weight excluding hydrogens is 275 g/mol. The molecule has 1 atom stereocenters. The summed E-state index contributed by atoms with van der Waals surface area (Å²) >= 11 is 9.12. The number of hydrogen-bond donors (Lipinski definition) is 2. The highest BCUT2D eigenvalue weighted by Crippen LogP contribution is 2.24. The van der Waals surface area contributed by atoms with Crippen molar-refractivity contribution in [1.29, 1.82) is 0 Å². The largest absolute Gasteiger partial charge is 0.329 e. The molecule has 0 radical (unpaired) electrons. The van der Waals surface area contributed by atoms with E-state index in [2.05, 4.69) is 15.9 Å². The van der Waals surface area contributed by atoms with Crippen molar-refractivity contribution in [2.24, 2.45) is 11.5 Å². The Kier molecular flexibility index (Phi) is 5.92. The first-order valence-corrected chi connectivity index (χ1v) is 4.73. The molecule has 4 N–H and O–H groups in total. The third-order valence-electron chi connectivity index (χ3n) is 1.63. The lowest BCUT2D eigenvalue weighted by Crippen LogP contribution is -2.20. The topological polar surface area (TPSA) is 52.0 Å². The molecule has 0 fully saturated rings. The van der Waals surface area contributed by atoms with E-state index in [0.29, 0.717) is 11.6 Å². The zero-order valence-electron chi connectivity index (χ0n) is 6.84. The second-order valence-corrected chi connectivity index (χ2v) is 3.78. The van der Waals surface area contributed by atoms with Gasteiger partial charge in [0.05, 0.1) is 5.02 Å². The molecule has 0 aliphatic heterocycles. The smallest absolute Gasteiger partial charge is 0.0548 e. The maximum absolute atomic E-state index is 5.81. The third-order valence-corrected chi connectivity index (χ3v) is 2.84. The Hall–Kier alpha value is 0.200. The van der Waals surface area contributed by atoms with Gasteiger partial charge in [-0.1, -0.05) is 17.7 Å². The van der Waals surface area contributed by atoms with Crippen LogP contribution >= 0.6 is 39.9 Å². The monoisotopic (exact) mass is 284 g/mol. The number of halogens is 3. The first-order valence-electron chi connectivity index (χ1n) is 3.55. The first-order chi connectivity index (χ1) is 5.65. The quantitative estimate of drug-likeness (QED) is 0.877. The van der Waals surface area contributed by atoms with Gasteiger partial charge in [0.15, 0.2) is 0 Å². The Morgan fingerprint density at radius 1 is 1.46 bits per heavy atom. The average Bonchev–Trinajstić information content (AvgIpc) is 2.08. The highest BCUT2D eigenvalue weighted by atomic mass is 79.9. The highest BCUT2D eigenvalue weighted by molar-refractivity contribution is 9.10. The summed E-state index contributed by atoms with van der Waals surface area (Å²) in [6.45, 7) is 0.439. The van der Waals surface area contributed by atoms with Crippen molar-refractivity contribution in [2.75, 3.05) is 6.54 Å². The highest BCUT2D eigenvalue weighted by Gasteiger charge is 2.05. The molecule has 1 aromatic carbocycles. The molecule has 0 amide bonds. The molecule has 0 aliphatic carbocycles. The zero-order chi connectivity index (χ0) is 9.14. The molecular formula is C8H11BrCl2N2. The van der Waals surface area contributed by atoms with E-state index < -0.39 is 0 Å². The van der Waals surface area contributed by atoms with Crippen LogP contribution in [0.15, 0.2) is 22.7 Å². The molecule has 0 heterocycles. The zero-order valence-corrected chi connectivity index (χ0v) is 9.99. The van der Waals surface area contributed by atoms with Gasteiger partial charge in [-0.25, -0.2) is 0 Å². The van der Waals surface area contributed by atoms with Crippen molar-refractivity contribution in [2.45, 2.75) is 6.04 Å². The summed E-state index contributed by atoms with van der Waals surface area (Å²) in [6, 6.07) is 5.46. The number of hydrogen-bond acceptors (Lipinski definition) is 2. The molecule has 0 aliphatic rings. The van der Waals surface area contributed by atoms with E-state index in [1.807, 2.05) is 12.1 Å². The lowest BCUT2D eigenvalue weighted by atomic mass is 10.1. The Morgan fingerprint density at radius 3 is 2.54 bits per heavy atom. The van der Waals surface area contributed by atoms with Crippen molar-refractivity contribution < 1.29 is 0 Å². The minimum Gasteiger partial charge on any atom is -0.329 e. The molecule has 13 heavy (non-hydrogen) atoms. The van der Waals surface area contributed by atoms with E-state index in [9.17, 15) is 0 Å². The van der Waals surface area contributed by atoms with Gasteiger partial charge in [-0.2, -0.15) is 0 Å². The summed E-state index contributed by atoms with van der Waals surface area (Å²) < 4.78 is 0.852. The van der Waals surface area contributed by atoms with E-state index in [1.54, 1.807) is 6.07 Å². The van der Waals surface area contributed by atoms with Crippen LogP contribution in [0.2, 0.25) is 5.02 Å². The van der Waals surface area contributed by atoms with Crippen LogP contribution in [0.25, 0.3) is 0 Å². The van der Waals surface area contributed by atoms with E-state index in [4.69, 9.17) is 23.1 Å². The summed E-state index contributed by atoms with van der Waals surface area (Å²) in [5.41, 5.74) is 12.1. The van der Waals surface area contributed by atoms with Gasteiger partial charge in [0.1, 0.15) is 0 Å². The summed E-state index contributed by atoms with van der Waals surface area (Å²) in [7, 11) is 0. The van der Waals surface area contributed by atoms with Gasteiger partial charge in [0.2, 0.25) is 0 Å². The second kappa shape index (κ2) is 5.83. The fourth-order valence-electron chi connectivity index (χ4n) is 0.879. The number of rotatable bonds is 2. The third kappa shape index (κ3) is 3.44. The molecule has 2 nitrogen and oxygen atoms in total. The Labute approximate surface area is 97.2 Å². The van der Waals surface area contributed by atoms with Crippen LogP contribution in [0.1, 0.15) is 11.6 Å². The minimum absolute atomic E-state index is 0. The van der Waals surface area contributed by atoms with Crippen LogP contribution in [0.4, 0.5) is 0 Å². The van der Waals surface area contributed by atoms with E-state index in [1.165, 1.54) is 0 Å². The Balaban J connectivity index is 0.00000144. The lowest BCUT2D eigenvalue weighted by molar-refractivity contribution is 0.736. The fraction of sp³-hybridized carbons (Fsp3) is 0.250. The SMILES string of the molecule is Cl.NC[C@@H](N)c1ccc(Cl)c(Br)c1. The molecule has 0 saturated heterocycles. The van der Waals surface area contributed by atoms with Crippen LogP contribution < -0.4 is 11.5 Å². The van der Waals surface area contributed by atoms with Gasteiger partial charge in [-0.05, 0) is 33.6 Å². The predicted molar refractivity (Wildman–Crippen MR) is 62.4 cm³/mol. The van der Waals surface area contributed by atoms with Crippen LogP contribution in [-0.2, 0) is 0 Å². The van der Waals surface area contributed by atoms with Gasteiger partial charge in [-0.15, -0.1) is 12.4 Å². The van der Waals surface area contributed by atoms with Crippen molar-refractivity contribution in [3.05, 3.63) is 33.3 Å². The molecule has 5 heteroatoms. The summed E-state index contributed by atoms with van der Waals surface area (Å²) in [6.07, 6.45) is 0. The van der Waals surface area contributed by atoms with Crippen molar-refractivity contribution in [1.82, 2.24) is 0 Å². The second-order valence-electron chi connectivity index (χ2n) is 2.52. The van der Waals surface area contributed by atoms with Crippen LogP contribution in [-0.4, -0.2) is 6.54 Å². The van der Waals surface area contributed by atoms with E-state index >= 15 is 0 Å².